The summed E-state index contributed by atoms with van der Waals surface area (Å²) in [6.07, 6.45) is 6.76. The third kappa shape index (κ3) is 4.81. The fourth-order valence-electron chi connectivity index (χ4n) is 4.69. The van der Waals surface area contributed by atoms with Crippen LogP contribution in [-0.2, 0) is 16.0 Å². The van der Waals surface area contributed by atoms with Gasteiger partial charge in [0, 0.05) is 37.4 Å². The Morgan fingerprint density at radius 2 is 1.81 bits per heavy atom. The summed E-state index contributed by atoms with van der Waals surface area (Å²) >= 11 is 0. The van der Waals surface area contributed by atoms with Crippen molar-refractivity contribution in [2.75, 3.05) is 13.1 Å². The molecule has 2 aliphatic rings. The highest BCUT2D eigenvalue weighted by molar-refractivity contribution is 5.85. The molecule has 1 saturated heterocycles. The molecule has 2 fully saturated rings. The first kappa shape index (κ1) is 21.5. The van der Waals surface area contributed by atoms with Gasteiger partial charge in [0.1, 0.15) is 0 Å². The number of amides is 2. The van der Waals surface area contributed by atoms with E-state index in [-0.39, 0.29) is 23.8 Å². The van der Waals surface area contributed by atoms with E-state index in [0.29, 0.717) is 38.3 Å². The summed E-state index contributed by atoms with van der Waals surface area (Å²) in [6, 6.07) is 12.5. The van der Waals surface area contributed by atoms with Gasteiger partial charge in [0.25, 0.3) is 0 Å². The average molecular weight is 420 g/mol. The van der Waals surface area contributed by atoms with E-state index in [9.17, 15) is 9.59 Å². The van der Waals surface area contributed by atoms with Crippen molar-refractivity contribution in [3.8, 4) is 11.1 Å². The topological polar surface area (TPSA) is 62.3 Å². The first-order valence-corrected chi connectivity index (χ1v) is 11.5. The number of carbonyl (C=O) groups is 2. The first-order chi connectivity index (χ1) is 14.9. The summed E-state index contributed by atoms with van der Waals surface area (Å²) in [5.74, 6) is 1.12. The first-order valence-electron chi connectivity index (χ1n) is 11.5. The van der Waals surface area contributed by atoms with Gasteiger partial charge in [0.05, 0.1) is 5.41 Å². The minimum Gasteiger partial charge on any atom is -0.353 e. The summed E-state index contributed by atoms with van der Waals surface area (Å²) in [6.45, 7) is 7.48. The molecule has 1 N–H and O–H groups in total. The fourth-order valence-corrected chi connectivity index (χ4v) is 4.69. The average Bonchev–Trinajstić information content (AvgIpc) is 3.51. The highest BCUT2D eigenvalue weighted by Crippen LogP contribution is 2.42. The normalized spacial score (nSPS) is 22.3. The predicted octanol–water partition coefficient (Wildman–Crippen LogP) is 4.08. The summed E-state index contributed by atoms with van der Waals surface area (Å²) in [7, 11) is 0. The van der Waals surface area contributed by atoms with Crippen LogP contribution in [0.1, 0.15) is 45.6 Å². The number of rotatable bonds is 6. The molecule has 1 aromatic carbocycles. The molecular formula is C26H33N3O2. The van der Waals surface area contributed by atoms with Crippen molar-refractivity contribution in [1.82, 2.24) is 15.2 Å². The Bertz CT molecular complexity index is 915. The maximum absolute atomic E-state index is 13.3. The van der Waals surface area contributed by atoms with E-state index in [1.807, 2.05) is 37.1 Å². The molecular weight excluding hydrogens is 386 g/mol. The molecule has 1 saturated carbocycles. The lowest BCUT2D eigenvalue weighted by molar-refractivity contribution is -0.141. The number of nitrogens with one attached hydrogen (secondary N) is 1. The molecule has 1 aliphatic heterocycles. The van der Waals surface area contributed by atoms with Gasteiger partial charge in [0.2, 0.25) is 11.8 Å². The third-order valence-corrected chi connectivity index (χ3v) is 6.85. The number of benzene rings is 1. The van der Waals surface area contributed by atoms with E-state index in [4.69, 9.17) is 0 Å². The van der Waals surface area contributed by atoms with Crippen LogP contribution < -0.4 is 5.32 Å². The standard InChI is InChI=1S/C26H33N3O2/c1-18(2)28-25(31)26(10-13-29(14-11-26)24(30)23-15-19(23)3)16-20-6-8-21(9-7-20)22-5-4-12-27-17-22/h4-9,12,17-19,23H,10-11,13-16H2,1-3H3,(H,28,31)/t19-,23-/m1/s1. The van der Waals surface area contributed by atoms with Crippen LogP contribution in [0.15, 0.2) is 48.8 Å². The smallest absolute Gasteiger partial charge is 0.226 e. The Morgan fingerprint density at radius 3 is 2.35 bits per heavy atom. The monoisotopic (exact) mass is 419 g/mol. The molecule has 5 heteroatoms. The molecule has 0 unspecified atom stereocenters. The number of carbonyl (C=O) groups excluding carboxylic acids is 2. The summed E-state index contributed by atoms with van der Waals surface area (Å²) in [5.41, 5.74) is 2.90. The molecule has 2 heterocycles. The quantitative estimate of drug-likeness (QED) is 0.767. The molecule has 164 valence electrons. The molecule has 2 amide bonds. The van der Waals surface area contributed by atoms with Crippen LogP contribution in [0.2, 0.25) is 0 Å². The van der Waals surface area contributed by atoms with E-state index < -0.39 is 5.41 Å². The molecule has 0 radical (unpaired) electrons. The zero-order valence-corrected chi connectivity index (χ0v) is 18.8. The highest BCUT2D eigenvalue weighted by atomic mass is 16.2. The van der Waals surface area contributed by atoms with Crippen LogP contribution in [0, 0.1) is 17.3 Å². The van der Waals surface area contributed by atoms with Gasteiger partial charge in [-0.3, -0.25) is 14.6 Å². The van der Waals surface area contributed by atoms with Gasteiger partial charge in [-0.1, -0.05) is 37.3 Å². The number of hydrogen-bond acceptors (Lipinski definition) is 3. The summed E-state index contributed by atoms with van der Waals surface area (Å²) in [4.78, 5) is 32.1. The van der Waals surface area contributed by atoms with Crippen LogP contribution in [0.3, 0.4) is 0 Å². The van der Waals surface area contributed by atoms with Gasteiger partial charge in [-0.15, -0.1) is 0 Å². The van der Waals surface area contributed by atoms with E-state index in [2.05, 4.69) is 41.5 Å². The van der Waals surface area contributed by atoms with Gasteiger partial charge in [-0.05, 0) is 68.2 Å². The second kappa shape index (κ2) is 8.81. The lowest BCUT2D eigenvalue weighted by Crippen LogP contribution is -2.52. The van der Waals surface area contributed by atoms with Crippen LogP contribution in [0.5, 0.6) is 0 Å². The zero-order valence-electron chi connectivity index (χ0n) is 18.8. The number of aromatic nitrogens is 1. The van der Waals surface area contributed by atoms with E-state index in [1.54, 1.807) is 6.20 Å². The number of piperidine rings is 1. The molecule has 0 bridgehead atoms. The van der Waals surface area contributed by atoms with Crippen molar-refractivity contribution < 1.29 is 9.59 Å². The third-order valence-electron chi connectivity index (χ3n) is 6.85. The lowest BCUT2D eigenvalue weighted by Gasteiger charge is -2.41. The van der Waals surface area contributed by atoms with E-state index in [0.717, 1.165) is 23.1 Å². The van der Waals surface area contributed by atoms with E-state index in [1.165, 1.54) is 0 Å². The Kier molecular flexibility index (Phi) is 6.12. The molecule has 4 rings (SSSR count). The predicted molar refractivity (Wildman–Crippen MR) is 122 cm³/mol. The number of pyridine rings is 1. The number of hydrogen-bond donors (Lipinski definition) is 1. The molecule has 0 spiro atoms. The minimum atomic E-state index is -0.466. The van der Waals surface area contributed by atoms with Gasteiger partial charge in [-0.2, -0.15) is 0 Å². The SMILES string of the molecule is CC(C)NC(=O)C1(Cc2ccc(-c3cccnc3)cc2)CCN(C(=O)[C@@H]2C[C@H]2C)CC1. The Labute approximate surface area is 185 Å². The highest BCUT2D eigenvalue weighted by Gasteiger charge is 2.46. The maximum atomic E-state index is 13.3. The number of likely N-dealkylation sites (tertiary alicyclic amines) is 1. The van der Waals surface area contributed by atoms with Crippen LogP contribution in [0.4, 0.5) is 0 Å². The summed E-state index contributed by atoms with van der Waals surface area (Å²) < 4.78 is 0. The zero-order chi connectivity index (χ0) is 22.0. The van der Waals surface area contributed by atoms with Crippen molar-refractivity contribution in [3.63, 3.8) is 0 Å². The maximum Gasteiger partial charge on any atom is 0.226 e. The minimum absolute atomic E-state index is 0.101. The van der Waals surface area contributed by atoms with Crippen molar-refractivity contribution in [1.29, 1.82) is 0 Å². The van der Waals surface area contributed by atoms with Crippen LogP contribution >= 0.6 is 0 Å². The Hall–Kier alpha value is -2.69. The van der Waals surface area contributed by atoms with Crippen LogP contribution in [-0.4, -0.2) is 40.8 Å². The van der Waals surface area contributed by atoms with Crippen molar-refractivity contribution in [2.45, 2.75) is 52.5 Å². The summed E-state index contributed by atoms with van der Waals surface area (Å²) in [5, 5.41) is 3.15. The molecule has 1 aliphatic carbocycles. The Morgan fingerprint density at radius 1 is 1.13 bits per heavy atom. The van der Waals surface area contributed by atoms with Crippen molar-refractivity contribution >= 4 is 11.8 Å². The second-order valence-electron chi connectivity index (χ2n) is 9.67. The molecule has 2 atom stereocenters. The molecule has 1 aromatic heterocycles. The van der Waals surface area contributed by atoms with Crippen LogP contribution in [0.25, 0.3) is 11.1 Å². The Balaban J connectivity index is 1.49. The molecule has 5 nitrogen and oxygen atoms in total. The fraction of sp³-hybridized carbons (Fsp3) is 0.500. The molecule has 31 heavy (non-hydrogen) atoms. The second-order valence-corrected chi connectivity index (χ2v) is 9.67. The number of nitrogens with zero attached hydrogens (tertiary/aromatic N) is 2. The van der Waals surface area contributed by atoms with Gasteiger partial charge >= 0.3 is 0 Å². The van der Waals surface area contributed by atoms with Gasteiger partial charge < -0.3 is 10.2 Å². The molecule has 2 aromatic rings. The van der Waals surface area contributed by atoms with Crippen molar-refractivity contribution in [3.05, 3.63) is 54.4 Å². The van der Waals surface area contributed by atoms with Gasteiger partial charge in [0.15, 0.2) is 0 Å². The van der Waals surface area contributed by atoms with E-state index >= 15 is 0 Å². The van der Waals surface area contributed by atoms with Crippen molar-refractivity contribution in [2.24, 2.45) is 17.3 Å². The lowest BCUT2D eigenvalue weighted by atomic mass is 9.72. The van der Waals surface area contributed by atoms with Gasteiger partial charge in [-0.25, -0.2) is 0 Å². The largest absolute Gasteiger partial charge is 0.353 e.